The summed E-state index contributed by atoms with van der Waals surface area (Å²) in [7, 11) is 0. The second-order valence-corrected chi connectivity index (χ2v) is 19.4. The number of H-pyrrole nitrogens is 1. The number of primary amides is 2. The first-order valence-electron chi connectivity index (χ1n) is 26.0. The maximum atomic E-state index is 14.6. The fourth-order valence-electron chi connectivity index (χ4n) is 9.11. The molecule has 3 aromatic rings. The number of hydrogen-bond donors (Lipinski definition) is 15. The monoisotopic (exact) mass is 1110 g/mol. The number of para-hydroxylation sites is 1. The topological polar surface area (TPSA) is 484 Å². The Morgan fingerprint density at radius 1 is 0.637 bits per heavy atom. The van der Waals surface area contributed by atoms with Gasteiger partial charge < -0.3 is 86.8 Å². The molecule has 11 amide bonds. The Labute approximate surface area is 460 Å². The molecule has 2 saturated heterocycles. The molecular weight excluding hydrogens is 1040 g/mol. The molecule has 29 heteroatoms. The van der Waals surface area contributed by atoms with Gasteiger partial charge in [0.15, 0.2) is 11.9 Å². The summed E-state index contributed by atoms with van der Waals surface area (Å²) in [4.78, 5) is 164. The van der Waals surface area contributed by atoms with Crippen molar-refractivity contribution >= 4 is 87.8 Å². The summed E-state index contributed by atoms with van der Waals surface area (Å²) in [6.45, 7) is 0.952. The second-order valence-electron chi connectivity index (χ2n) is 19.4. The number of piperazine rings is 1. The number of rotatable bonds is 17. The van der Waals surface area contributed by atoms with Gasteiger partial charge in [-0.3, -0.25) is 62.7 Å². The average Bonchev–Trinajstić information content (AvgIpc) is 3.81. The van der Waals surface area contributed by atoms with E-state index in [1.54, 1.807) is 42.6 Å². The van der Waals surface area contributed by atoms with Crippen LogP contribution in [-0.2, 0) is 65.6 Å². The molecule has 3 heterocycles. The lowest BCUT2D eigenvalue weighted by molar-refractivity contribution is -0.146. The largest absolute Gasteiger partial charge is 0.370 e. The van der Waals surface area contributed by atoms with E-state index in [-0.39, 0.29) is 89.5 Å². The molecule has 2 fully saturated rings. The van der Waals surface area contributed by atoms with Crippen molar-refractivity contribution in [3.63, 3.8) is 0 Å². The summed E-state index contributed by atoms with van der Waals surface area (Å²) in [5.74, 6) is -10.4. The third-order valence-corrected chi connectivity index (χ3v) is 13.2. The van der Waals surface area contributed by atoms with E-state index < -0.39 is 126 Å². The van der Waals surface area contributed by atoms with E-state index in [0.717, 1.165) is 10.9 Å². The summed E-state index contributed by atoms with van der Waals surface area (Å²) in [6.07, 6.45) is 0.462. The summed E-state index contributed by atoms with van der Waals surface area (Å²) in [6, 6.07) is 3.81. The molecule has 2 aliphatic rings. The lowest BCUT2D eigenvalue weighted by Gasteiger charge is -2.38. The molecule has 21 N–H and O–H groups in total. The first-order chi connectivity index (χ1) is 38.1. The standard InChI is InChI=1S/C51H72N18O11/c1-27(70)69-26-38(68-49(80)39(69)17-10-20-60-51(56)57)48(79)67-37-24-41(72)58-18-8-7-15-32(42(53)73)62-45(76)35(22-29-25-61-31-14-6-5-13-30(29)31)65-43(74)33(16-9-19-59-50(54)55)63-44(75)34(21-28-11-3-2-4-12-28)64-46(77)36(23-40(52)71)66-47(37)78/h2-6,11-14,25,32-39,61H,7-10,15-24,26H2,1H3,(H2,52,71)(H2,53,73)(H,58,72)(H,62,76)(H,63,75)(H,64,77)(H,65,74)(H,66,78)(H,67,79)(H,68,80)(H4,54,55,59)(H4,56,57,60)/t32-,33-,34+,35-,36-,37-,38+,39-/m0/s1. The van der Waals surface area contributed by atoms with Crippen LogP contribution >= 0.6 is 0 Å². The van der Waals surface area contributed by atoms with Crippen LogP contribution in [0.15, 0.2) is 70.8 Å². The minimum absolute atomic E-state index is 0.0121. The molecule has 29 nitrogen and oxygen atoms in total. The predicted molar refractivity (Wildman–Crippen MR) is 291 cm³/mol. The molecule has 2 aliphatic heterocycles. The SMILES string of the molecule is CC(=O)N1C[C@H](C(=O)N[C@H]2CC(=O)NCCCC[C@@H](C(N)=O)NC(=O)[C@H](Cc3c[nH]c4ccccc34)NC(=O)[C@H](CCCN=C(N)N)NC(=O)[C@@H](Cc3ccccc3)NC(=O)[C@H](CC(N)=O)NC2=O)NC(=O)[C@@H]1CCCN=C(N)N. The van der Waals surface area contributed by atoms with Crippen molar-refractivity contribution in [3.8, 4) is 0 Å². The van der Waals surface area contributed by atoms with Crippen molar-refractivity contribution < 1.29 is 52.7 Å². The van der Waals surface area contributed by atoms with Gasteiger partial charge in [0, 0.05) is 56.5 Å². The summed E-state index contributed by atoms with van der Waals surface area (Å²) < 4.78 is 0. The van der Waals surface area contributed by atoms with E-state index in [2.05, 4.69) is 57.5 Å². The van der Waals surface area contributed by atoms with Crippen LogP contribution in [-0.4, -0.2) is 161 Å². The van der Waals surface area contributed by atoms with Crippen molar-refractivity contribution in [2.75, 3.05) is 26.2 Å². The molecule has 8 atom stereocenters. The number of hydrogen-bond acceptors (Lipinski definition) is 13. The quantitative estimate of drug-likeness (QED) is 0.0341. The fourth-order valence-corrected chi connectivity index (χ4v) is 9.11. The average molecular weight is 1110 g/mol. The highest BCUT2D eigenvalue weighted by atomic mass is 16.2. The molecule has 432 valence electrons. The number of carbonyl (C=O) groups excluding carboxylic acids is 11. The zero-order valence-corrected chi connectivity index (χ0v) is 44.3. The Morgan fingerprint density at radius 3 is 1.86 bits per heavy atom. The molecule has 0 unspecified atom stereocenters. The van der Waals surface area contributed by atoms with E-state index in [4.69, 9.17) is 34.4 Å². The van der Waals surface area contributed by atoms with Gasteiger partial charge in [0.2, 0.25) is 65.0 Å². The number of benzene rings is 2. The van der Waals surface area contributed by atoms with Crippen molar-refractivity contribution in [1.82, 2.24) is 52.4 Å². The van der Waals surface area contributed by atoms with Gasteiger partial charge >= 0.3 is 0 Å². The summed E-state index contributed by atoms with van der Waals surface area (Å²) in [5.41, 5.74) is 35.2. The molecule has 0 spiro atoms. The van der Waals surface area contributed by atoms with E-state index in [0.29, 0.717) is 17.5 Å². The first-order valence-corrected chi connectivity index (χ1v) is 26.0. The molecular formula is C51H72N18O11. The normalized spacial score (nSPS) is 23.1. The fraction of sp³-hybridized carbons (Fsp3) is 0.471. The van der Waals surface area contributed by atoms with Crippen molar-refractivity contribution in [2.24, 2.45) is 44.4 Å². The van der Waals surface area contributed by atoms with Crippen LogP contribution in [0.1, 0.15) is 75.8 Å². The third-order valence-electron chi connectivity index (χ3n) is 13.2. The Hall–Kier alpha value is -9.31. The highest BCUT2D eigenvalue weighted by molar-refractivity contribution is 6.01. The van der Waals surface area contributed by atoms with Crippen LogP contribution in [0.4, 0.5) is 0 Å². The van der Waals surface area contributed by atoms with Crippen LogP contribution in [0.3, 0.4) is 0 Å². The second kappa shape index (κ2) is 30.0. The molecule has 1 aromatic heterocycles. The lowest BCUT2D eigenvalue weighted by atomic mass is 10.0. The number of guanidine groups is 2. The lowest BCUT2D eigenvalue weighted by Crippen LogP contribution is -2.66. The van der Waals surface area contributed by atoms with Crippen LogP contribution in [0.25, 0.3) is 10.9 Å². The zero-order valence-electron chi connectivity index (χ0n) is 44.3. The number of nitrogens with zero attached hydrogens (tertiary/aromatic N) is 3. The van der Waals surface area contributed by atoms with E-state index in [1.165, 1.54) is 11.8 Å². The number of carbonyl (C=O) groups is 11. The van der Waals surface area contributed by atoms with Gasteiger partial charge in [0.25, 0.3) is 0 Å². The van der Waals surface area contributed by atoms with Crippen LogP contribution in [0, 0.1) is 0 Å². The van der Waals surface area contributed by atoms with Gasteiger partial charge in [-0.15, -0.1) is 0 Å². The first kappa shape index (κ1) is 61.5. The van der Waals surface area contributed by atoms with E-state index in [1.807, 2.05) is 18.2 Å². The van der Waals surface area contributed by atoms with Crippen molar-refractivity contribution in [1.29, 1.82) is 0 Å². The molecule has 0 saturated carbocycles. The molecule has 0 bridgehead atoms. The predicted octanol–water partition coefficient (Wildman–Crippen LogP) is -5.26. The van der Waals surface area contributed by atoms with E-state index >= 15 is 0 Å². The Morgan fingerprint density at radius 2 is 1.21 bits per heavy atom. The van der Waals surface area contributed by atoms with Gasteiger partial charge in [0.05, 0.1) is 19.4 Å². The van der Waals surface area contributed by atoms with Crippen molar-refractivity contribution in [3.05, 3.63) is 71.9 Å². The number of fused-ring (bicyclic) bond motifs is 1. The van der Waals surface area contributed by atoms with Gasteiger partial charge in [-0.2, -0.15) is 0 Å². The van der Waals surface area contributed by atoms with E-state index in [9.17, 15) is 52.7 Å². The molecule has 5 rings (SSSR count). The number of aromatic amines is 1. The molecule has 2 aromatic carbocycles. The Kier molecular flexibility index (Phi) is 23.1. The molecule has 0 radical (unpaired) electrons. The smallest absolute Gasteiger partial charge is 0.245 e. The maximum absolute atomic E-state index is 14.6. The van der Waals surface area contributed by atoms with Gasteiger partial charge in [0.1, 0.15) is 48.3 Å². The zero-order chi connectivity index (χ0) is 58.5. The van der Waals surface area contributed by atoms with Gasteiger partial charge in [-0.1, -0.05) is 48.5 Å². The molecule has 0 aliphatic carbocycles. The number of aromatic nitrogens is 1. The number of nitrogens with one attached hydrogen (secondary N) is 9. The van der Waals surface area contributed by atoms with Crippen LogP contribution in [0.5, 0.6) is 0 Å². The van der Waals surface area contributed by atoms with Crippen molar-refractivity contribution in [2.45, 2.75) is 126 Å². The van der Waals surface area contributed by atoms with Crippen LogP contribution in [0.2, 0.25) is 0 Å². The summed E-state index contributed by atoms with van der Waals surface area (Å²) in [5, 5.41) is 21.3. The molecule has 80 heavy (non-hydrogen) atoms. The highest BCUT2D eigenvalue weighted by Gasteiger charge is 2.41. The minimum Gasteiger partial charge on any atom is -0.370 e. The van der Waals surface area contributed by atoms with Gasteiger partial charge in [-0.25, -0.2) is 0 Å². The Bertz CT molecular complexity index is 2800. The summed E-state index contributed by atoms with van der Waals surface area (Å²) >= 11 is 0. The number of nitrogens with two attached hydrogens (primary N) is 6. The Balaban J connectivity index is 1.50. The number of aliphatic imine (C=N–C) groups is 2. The van der Waals surface area contributed by atoms with Crippen LogP contribution < -0.4 is 76.9 Å². The number of amides is 11. The highest BCUT2D eigenvalue weighted by Crippen LogP contribution is 2.20. The third kappa shape index (κ3) is 19.0. The van der Waals surface area contributed by atoms with Gasteiger partial charge in [-0.05, 0) is 62.1 Å². The maximum Gasteiger partial charge on any atom is 0.245 e. The minimum atomic E-state index is -1.85.